The van der Waals surface area contributed by atoms with Crippen LogP contribution in [0.2, 0.25) is 0 Å². The minimum atomic E-state index is -4.48. The number of para-hydroxylation sites is 1. The largest absolute Gasteiger partial charge is 0.416 e. The van der Waals surface area contributed by atoms with E-state index in [-0.39, 0.29) is 30.8 Å². The monoisotopic (exact) mass is 701 g/mol. The number of nitrogens with zero attached hydrogens (tertiary/aromatic N) is 1. The van der Waals surface area contributed by atoms with Crippen LogP contribution in [0.3, 0.4) is 0 Å². The fourth-order valence-electron chi connectivity index (χ4n) is 5.91. The summed E-state index contributed by atoms with van der Waals surface area (Å²) in [5, 5.41) is 17.4. The van der Waals surface area contributed by atoms with Crippen LogP contribution < -0.4 is 14.9 Å². The Morgan fingerprint density at radius 1 is 0.820 bits per heavy atom. The molecule has 0 heterocycles. The summed E-state index contributed by atoms with van der Waals surface area (Å²) in [5.74, 6) is -0.599. The first-order valence-electron chi connectivity index (χ1n) is 16.0. The van der Waals surface area contributed by atoms with Gasteiger partial charge in [-0.05, 0) is 65.4 Å². The fraction of sp³-hybridized carbons (Fsp3) is 0.205. The van der Waals surface area contributed by atoms with E-state index < -0.39 is 39.8 Å². The van der Waals surface area contributed by atoms with Crippen LogP contribution in [-0.4, -0.2) is 44.4 Å². The van der Waals surface area contributed by atoms with Gasteiger partial charge in [-0.2, -0.15) is 13.2 Å². The third-order valence-electron chi connectivity index (χ3n) is 8.31. The number of aliphatic hydroxyl groups is 1. The van der Waals surface area contributed by atoms with Crippen LogP contribution in [0.4, 0.5) is 24.5 Å². The highest BCUT2D eigenvalue weighted by atomic mass is 32.2. The van der Waals surface area contributed by atoms with Crippen LogP contribution in [0.15, 0.2) is 127 Å². The third-order valence-corrected chi connectivity index (χ3v) is 9.38. The van der Waals surface area contributed by atoms with Crippen molar-refractivity contribution < 1.29 is 31.5 Å². The number of rotatable bonds is 13. The second kappa shape index (κ2) is 15.7. The molecule has 3 N–H and O–H groups in total. The van der Waals surface area contributed by atoms with E-state index in [0.717, 1.165) is 39.4 Å². The van der Waals surface area contributed by atoms with Gasteiger partial charge in [0, 0.05) is 13.1 Å². The van der Waals surface area contributed by atoms with Gasteiger partial charge >= 0.3 is 6.18 Å². The molecule has 0 aliphatic rings. The molecular weight excluding hydrogens is 664 g/mol. The number of hydrogen-bond donors (Lipinski definition) is 3. The first-order chi connectivity index (χ1) is 23.8. The fourth-order valence-corrected chi connectivity index (χ4v) is 6.93. The van der Waals surface area contributed by atoms with Crippen molar-refractivity contribution in [3.05, 3.63) is 155 Å². The Morgan fingerprint density at radius 2 is 1.42 bits per heavy atom. The quantitative estimate of drug-likeness (QED) is 0.120. The lowest BCUT2D eigenvalue weighted by Crippen LogP contribution is -2.49. The molecule has 5 rings (SSSR count). The number of anilines is 2. The average Bonchev–Trinajstić information content (AvgIpc) is 3.08. The maximum absolute atomic E-state index is 14.5. The van der Waals surface area contributed by atoms with E-state index in [0.29, 0.717) is 16.8 Å². The maximum atomic E-state index is 14.5. The van der Waals surface area contributed by atoms with Gasteiger partial charge in [0.25, 0.3) is 5.91 Å². The third kappa shape index (κ3) is 8.97. The molecule has 0 aromatic heterocycles. The number of carbonyl (C=O) groups excluding carboxylic acids is 1. The number of carbonyl (C=O) groups is 1. The average molecular weight is 702 g/mol. The smallest absolute Gasteiger partial charge is 0.390 e. The van der Waals surface area contributed by atoms with Gasteiger partial charge in [-0.15, -0.1) is 0 Å². The van der Waals surface area contributed by atoms with Crippen molar-refractivity contribution >= 4 is 27.3 Å². The topological polar surface area (TPSA) is 98.7 Å². The molecule has 5 aromatic rings. The summed E-state index contributed by atoms with van der Waals surface area (Å²) >= 11 is 0. The number of halogens is 3. The molecule has 0 spiro atoms. The first kappa shape index (κ1) is 36.3. The van der Waals surface area contributed by atoms with Crippen LogP contribution >= 0.6 is 0 Å². The number of nitrogens with one attached hydrogen (secondary N) is 2. The van der Waals surface area contributed by atoms with E-state index in [2.05, 4.69) is 10.6 Å². The van der Waals surface area contributed by atoms with Crippen LogP contribution in [-0.2, 0) is 29.2 Å². The normalized spacial score (nSPS) is 13.0. The molecule has 0 aliphatic heterocycles. The summed E-state index contributed by atoms with van der Waals surface area (Å²) in [5.41, 5.74) is 3.13. The summed E-state index contributed by atoms with van der Waals surface area (Å²) < 4.78 is 67.5. The lowest BCUT2D eigenvalue weighted by molar-refractivity contribution is -0.137. The Hall–Kier alpha value is -4.97. The molecule has 7 nitrogen and oxygen atoms in total. The van der Waals surface area contributed by atoms with Gasteiger partial charge in [0.15, 0.2) is 0 Å². The number of aliphatic hydroxyl groups excluding tert-OH is 1. The highest BCUT2D eigenvalue weighted by Gasteiger charge is 2.31. The van der Waals surface area contributed by atoms with E-state index in [4.69, 9.17) is 0 Å². The molecule has 0 aliphatic carbocycles. The van der Waals surface area contributed by atoms with Gasteiger partial charge in [0.2, 0.25) is 10.0 Å². The molecule has 0 bridgehead atoms. The molecule has 260 valence electrons. The molecule has 1 amide bonds. The maximum Gasteiger partial charge on any atom is 0.416 e. The highest BCUT2D eigenvalue weighted by molar-refractivity contribution is 7.92. The number of benzene rings is 5. The lowest BCUT2D eigenvalue weighted by Gasteiger charge is -2.29. The Balaban J connectivity index is 1.50. The molecule has 50 heavy (non-hydrogen) atoms. The van der Waals surface area contributed by atoms with Crippen molar-refractivity contribution in [1.29, 1.82) is 0 Å². The predicted molar refractivity (Wildman–Crippen MR) is 191 cm³/mol. The van der Waals surface area contributed by atoms with Gasteiger partial charge < -0.3 is 15.7 Å². The summed E-state index contributed by atoms with van der Waals surface area (Å²) in [6.07, 6.45) is -4.37. The van der Waals surface area contributed by atoms with Gasteiger partial charge in [-0.3, -0.25) is 4.79 Å². The number of amides is 1. The molecule has 5 aromatic carbocycles. The second-order valence-corrected chi connectivity index (χ2v) is 13.9. The molecule has 11 heteroatoms. The van der Waals surface area contributed by atoms with E-state index in [1.165, 1.54) is 6.07 Å². The molecule has 2 atom stereocenters. The molecule has 0 radical (unpaired) electrons. The summed E-state index contributed by atoms with van der Waals surface area (Å²) in [6.45, 7) is 1.75. The summed E-state index contributed by atoms with van der Waals surface area (Å²) in [6, 6.07) is 34.5. The van der Waals surface area contributed by atoms with Gasteiger partial charge in [-0.25, -0.2) is 12.7 Å². The minimum Gasteiger partial charge on any atom is -0.390 e. The van der Waals surface area contributed by atoms with E-state index in [9.17, 15) is 31.5 Å². The Bertz CT molecular complexity index is 2010. The van der Waals surface area contributed by atoms with Crippen molar-refractivity contribution in [3.63, 3.8) is 0 Å². The zero-order valence-electron chi connectivity index (χ0n) is 27.6. The zero-order chi connectivity index (χ0) is 35.9. The van der Waals surface area contributed by atoms with Crippen LogP contribution in [0.25, 0.3) is 11.1 Å². The summed E-state index contributed by atoms with van der Waals surface area (Å²) in [7, 11) is -3.94. The Morgan fingerprint density at radius 3 is 2.04 bits per heavy atom. The second-order valence-electron chi connectivity index (χ2n) is 12.0. The molecule has 0 fully saturated rings. The minimum absolute atomic E-state index is 0.0513. The Labute approximate surface area is 290 Å². The molecule has 0 saturated heterocycles. The van der Waals surface area contributed by atoms with Crippen LogP contribution in [0.1, 0.15) is 32.6 Å². The van der Waals surface area contributed by atoms with Crippen molar-refractivity contribution in [2.45, 2.75) is 38.2 Å². The van der Waals surface area contributed by atoms with Crippen molar-refractivity contribution in [3.8, 4) is 11.1 Å². The van der Waals surface area contributed by atoms with Crippen molar-refractivity contribution in [2.24, 2.45) is 0 Å². The number of hydrogen-bond acceptors (Lipinski definition) is 5. The van der Waals surface area contributed by atoms with Gasteiger partial charge in [0.05, 0.1) is 40.9 Å². The molecular formula is C39H38F3N3O4S. The van der Waals surface area contributed by atoms with E-state index in [1.54, 1.807) is 55.5 Å². The lowest BCUT2D eigenvalue weighted by atomic mass is 9.93. The first-order valence-corrected chi connectivity index (χ1v) is 17.8. The van der Waals surface area contributed by atoms with Crippen LogP contribution in [0.5, 0.6) is 0 Å². The number of sulfonamides is 1. The highest BCUT2D eigenvalue weighted by Crippen LogP contribution is 2.37. The van der Waals surface area contributed by atoms with Crippen LogP contribution in [0, 0.1) is 6.92 Å². The van der Waals surface area contributed by atoms with E-state index >= 15 is 0 Å². The standard InChI is InChI=1S/C39H38F3N3O4S/c1-27-33(30-16-8-4-9-17-30)21-22-35(45(50(2,48)49)32-19-10-5-11-20-32)37(27)38(47)44-34(24-28-13-6-3-7-14-28)36(46)26-43-25-29-15-12-18-31(23-29)39(40,41)42/h3-23,34,36,43,46H,24-26H2,1-2H3,(H,44,47)/t34-,36+/m0/s1. The van der Waals surface area contributed by atoms with Crippen molar-refractivity contribution in [1.82, 2.24) is 10.6 Å². The SMILES string of the molecule is Cc1c(-c2ccccc2)ccc(N(c2ccccc2)S(C)(=O)=O)c1C(=O)N[C@@H](Cc1ccccc1)[C@H](O)CNCc1cccc(C(F)(F)F)c1. The molecule has 0 unspecified atom stereocenters. The van der Waals surface area contributed by atoms with Crippen molar-refractivity contribution in [2.75, 3.05) is 17.1 Å². The molecule has 0 saturated carbocycles. The number of alkyl halides is 3. The van der Waals surface area contributed by atoms with Gasteiger partial charge in [-0.1, -0.05) is 103 Å². The summed E-state index contributed by atoms with van der Waals surface area (Å²) in [4.78, 5) is 14.5. The van der Waals surface area contributed by atoms with E-state index in [1.807, 2.05) is 60.7 Å². The van der Waals surface area contributed by atoms with Gasteiger partial charge in [0.1, 0.15) is 0 Å². The predicted octanol–water partition coefficient (Wildman–Crippen LogP) is 7.27. The zero-order valence-corrected chi connectivity index (χ0v) is 28.4. The Kier molecular flexibility index (Phi) is 11.4.